The van der Waals surface area contributed by atoms with Crippen LogP contribution in [0.25, 0.3) is 0 Å². The van der Waals surface area contributed by atoms with E-state index < -0.39 is 0 Å². The number of halogens is 1. The van der Waals surface area contributed by atoms with E-state index >= 15 is 0 Å². The molecule has 0 saturated heterocycles. The number of nitrogens with one attached hydrogen (secondary N) is 2. The SMILES string of the molecule is CN=C(NCc1nccn1Cc1ccccc1)NC(C)c1ccc(OCC2CC2)c(F)c1. The van der Waals surface area contributed by atoms with Crippen molar-refractivity contribution in [3.63, 3.8) is 0 Å². The molecule has 1 unspecified atom stereocenters. The lowest BCUT2D eigenvalue weighted by atomic mass is 10.1. The second kappa shape index (κ2) is 10.3. The lowest BCUT2D eigenvalue weighted by Crippen LogP contribution is -2.38. The molecule has 32 heavy (non-hydrogen) atoms. The van der Waals surface area contributed by atoms with E-state index in [0.29, 0.717) is 30.8 Å². The number of hydrogen-bond donors (Lipinski definition) is 2. The van der Waals surface area contributed by atoms with E-state index in [1.54, 1.807) is 19.3 Å². The first-order valence-corrected chi connectivity index (χ1v) is 11.1. The van der Waals surface area contributed by atoms with E-state index in [4.69, 9.17) is 4.74 Å². The standard InChI is InChI=1S/C25H30FN5O/c1-18(21-10-11-23(22(26)14-21)32-17-20-8-9-20)30-25(27-2)29-15-24-28-12-13-31(24)16-19-6-4-3-5-7-19/h3-7,10-14,18,20H,8-9,15-17H2,1-2H3,(H2,27,29,30). The Morgan fingerprint density at radius 2 is 2.06 bits per heavy atom. The first-order valence-electron chi connectivity index (χ1n) is 11.1. The third-order valence-electron chi connectivity index (χ3n) is 5.62. The van der Waals surface area contributed by atoms with E-state index in [9.17, 15) is 4.39 Å². The highest BCUT2D eigenvalue weighted by atomic mass is 19.1. The molecule has 7 heteroatoms. The first-order chi connectivity index (χ1) is 15.6. The van der Waals surface area contributed by atoms with Crippen molar-refractivity contribution in [3.8, 4) is 5.75 Å². The molecule has 1 atom stereocenters. The van der Waals surface area contributed by atoms with E-state index in [-0.39, 0.29) is 11.9 Å². The molecule has 2 aromatic carbocycles. The summed E-state index contributed by atoms with van der Waals surface area (Å²) in [6, 6.07) is 15.3. The van der Waals surface area contributed by atoms with Crippen LogP contribution in [0.1, 0.15) is 42.8 Å². The van der Waals surface area contributed by atoms with Gasteiger partial charge in [0, 0.05) is 26.0 Å². The molecule has 1 heterocycles. The van der Waals surface area contributed by atoms with Gasteiger partial charge in [-0.05, 0) is 48.9 Å². The van der Waals surface area contributed by atoms with Crippen molar-refractivity contribution in [2.45, 2.75) is 38.9 Å². The molecule has 1 saturated carbocycles. The second-order valence-corrected chi connectivity index (χ2v) is 8.19. The van der Waals surface area contributed by atoms with Crippen LogP contribution < -0.4 is 15.4 Å². The highest BCUT2D eigenvalue weighted by molar-refractivity contribution is 5.80. The molecule has 0 amide bonds. The number of ether oxygens (including phenoxy) is 1. The molecular formula is C25H30FN5O. The average molecular weight is 436 g/mol. The number of hydrogen-bond acceptors (Lipinski definition) is 3. The maximum absolute atomic E-state index is 14.4. The number of rotatable bonds is 9. The summed E-state index contributed by atoms with van der Waals surface area (Å²) in [6.45, 7) is 3.85. The van der Waals surface area contributed by atoms with Gasteiger partial charge in [-0.15, -0.1) is 0 Å². The van der Waals surface area contributed by atoms with E-state index in [1.165, 1.54) is 24.5 Å². The number of aromatic nitrogens is 2. The lowest BCUT2D eigenvalue weighted by molar-refractivity contribution is 0.285. The van der Waals surface area contributed by atoms with Gasteiger partial charge in [-0.25, -0.2) is 9.37 Å². The van der Waals surface area contributed by atoms with Crippen molar-refractivity contribution >= 4 is 5.96 Å². The van der Waals surface area contributed by atoms with Crippen LogP contribution in [0.3, 0.4) is 0 Å². The van der Waals surface area contributed by atoms with Crippen molar-refractivity contribution in [2.24, 2.45) is 10.9 Å². The van der Waals surface area contributed by atoms with Gasteiger partial charge in [0.05, 0.1) is 19.2 Å². The van der Waals surface area contributed by atoms with Gasteiger partial charge in [-0.2, -0.15) is 0 Å². The molecule has 0 aliphatic heterocycles. The molecule has 0 spiro atoms. The highest BCUT2D eigenvalue weighted by Gasteiger charge is 2.22. The van der Waals surface area contributed by atoms with Gasteiger partial charge in [-0.1, -0.05) is 36.4 Å². The van der Waals surface area contributed by atoms with Gasteiger partial charge in [0.1, 0.15) is 5.82 Å². The first kappa shape index (κ1) is 21.9. The van der Waals surface area contributed by atoms with Gasteiger partial charge in [0.15, 0.2) is 17.5 Å². The zero-order valence-electron chi connectivity index (χ0n) is 18.6. The minimum absolute atomic E-state index is 0.128. The normalized spacial score (nSPS) is 14.8. The Hall–Kier alpha value is -3.35. The van der Waals surface area contributed by atoms with Crippen molar-refractivity contribution in [2.75, 3.05) is 13.7 Å². The number of benzene rings is 2. The van der Waals surface area contributed by atoms with Crippen LogP contribution in [-0.4, -0.2) is 29.2 Å². The summed E-state index contributed by atoms with van der Waals surface area (Å²) in [6.07, 6.45) is 6.13. The Morgan fingerprint density at radius 1 is 1.25 bits per heavy atom. The Balaban J connectivity index is 1.32. The second-order valence-electron chi connectivity index (χ2n) is 8.19. The van der Waals surface area contributed by atoms with Crippen LogP contribution in [0.2, 0.25) is 0 Å². The summed E-state index contributed by atoms with van der Waals surface area (Å²) in [7, 11) is 1.72. The van der Waals surface area contributed by atoms with Crippen LogP contribution in [-0.2, 0) is 13.1 Å². The van der Waals surface area contributed by atoms with Crippen molar-refractivity contribution in [1.82, 2.24) is 20.2 Å². The lowest BCUT2D eigenvalue weighted by Gasteiger charge is -2.19. The Labute approximate surface area is 188 Å². The summed E-state index contributed by atoms with van der Waals surface area (Å²) in [5.41, 5.74) is 2.05. The van der Waals surface area contributed by atoms with Crippen LogP contribution in [0.15, 0.2) is 65.9 Å². The van der Waals surface area contributed by atoms with Crippen LogP contribution in [0.5, 0.6) is 5.75 Å². The monoisotopic (exact) mass is 435 g/mol. The molecule has 1 aromatic heterocycles. The molecule has 6 nitrogen and oxygen atoms in total. The maximum Gasteiger partial charge on any atom is 0.191 e. The van der Waals surface area contributed by atoms with Crippen molar-refractivity contribution < 1.29 is 9.13 Å². The number of guanidine groups is 1. The Bertz CT molecular complexity index is 1050. The van der Waals surface area contributed by atoms with Crippen molar-refractivity contribution in [1.29, 1.82) is 0 Å². The quantitative estimate of drug-likeness (QED) is 0.389. The smallest absolute Gasteiger partial charge is 0.191 e. The van der Waals surface area contributed by atoms with Crippen LogP contribution >= 0.6 is 0 Å². The fourth-order valence-corrected chi connectivity index (χ4v) is 3.47. The summed E-state index contributed by atoms with van der Waals surface area (Å²) < 4.78 is 22.1. The van der Waals surface area contributed by atoms with Crippen LogP contribution in [0, 0.1) is 11.7 Å². The van der Waals surface area contributed by atoms with Gasteiger partial charge in [0.2, 0.25) is 0 Å². The molecule has 2 N–H and O–H groups in total. The van der Waals surface area contributed by atoms with E-state index in [1.807, 2.05) is 37.4 Å². The summed E-state index contributed by atoms with van der Waals surface area (Å²) in [4.78, 5) is 8.77. The van der Waals surface area contributed by atoms with Gasteiger partial charge in [0.25, 0.3) is 0 Å². The maximum atomic E-state index is 14.4. The van der Waals surface area contributed by atoms with Crippen molar-refractivity contribution in [3.05, 3.63) is 83.7 Å². The topological polar surface area (TPSA) is 63.5 Å². The summed E-state index contributed by atoms with van der Waals surface area (Å²) >= 11 is 0. The third-order valence-corrected chi connectivity index (χ3v) is 5.62. The largest absolute Gasteiger partial charge is 0.490 e. The minimum Gasteiger partial charge on any atom is -0.490 e. The van der Waals surface area contributed by atoms with E-state index in [2.05, 4.69) is 37.3 Å². The molecule has 0 bridgehead atoms. The molecule has 1 aliphatic carbocycles. The van der Waals surface area contributed by atoms with E-state index in [0.717, 1.165) is 17.9 Å². The highest BCUT2D eigenvalue weighted by Crippen LogP contribution is 2.30. The zero-order valence-corrected chi connectivity index (χ0v) is 18.6. The van der Waals surface area contributed by atoms with Crippen LogP contribution in [0.4, 0.5) is 4.39 Å². The minimum atomic E-state index is -0.331. The zero-order chi connectivity index (χ0) is 22.3. The molecule has 3 aromatic rings. The fourth-order valence-electron chi connectivity index (χ4n) is 3.47. The third kappa shape index (κ3) is 5.87. The Kier molecular flexibility index (Phi) is 7.04. The summed E-state index contributed by atoms with van der Waals surface area (Å²) in [5.74, 6) is 2.12. The molecule has 168 valence electrons. The number of imidazole rings is 1. The molecule has 0 radical (unpaired) electrons. The average Bonchev–Trinajstić information content (AvgIpc) is 3.54. The molecule has 1 fully saturated rings. The number of nitrogens with zero attached hydrogens (tertiary/aromatic N) is 3. The van der Waals surface area contributed by atoms with Gasteiger partial charge >= 0.3 is 0 Å². The Morgan fingerprint density at radius 3 is 2.78 bits per heavy atom. The molecule has 1 aliphatic rings. The van der Waals surface area contributed by atoms with Gasteiger partial charge in [-0.3, -0.25) is 4.99 Å². The van der Waals surface area contributed by atoms with Gasteiger partial charge < -0.3 is 19.9 Å². The molecule has 4 rings (SSSR count). The molecular weight excluding hydrogens is 405 g/mol. The predicted molar refractivity (Wildman–Crippen MR) is 124 cm³/mol. The number of aliphatic imine (C=N–C) groups is 1. The fraction of sp³-hybridized carbons (Fsp3) is 0.360. The predicted octanol–water partition coefficient (Wildman–Crippen LogP) is 4.29. The summed E-state index contributed by atoms with van der Waals surface area (Å²) in [5, 5.41) is 6.62.